The Bertz CT molecular complexity index is 639. The van der Waals surface area contributed by atoms with Gasteiger partial charge in [0.15, 0.2) is 0 Å². The molecule has 0 bridgehead atoms. The molecule has 0 spiro atoms. The van der Waals surface area contributed by atoms with Gasteiger partial charge in [0.1, 0.15) is 5.75 Å². The maximum absolute atomic E-state index is 12.8. The molecule has 1 N–H and O–H groups in total. The minimum atomic E-state index is -0.396. The number of benzene rings is 1. The van der Waals surface area contributed by atoms with Crippen LogP contribution in [0.5, 0.6) is 5.75 Å². The highest BCUT2D eigenvalue weighted by molar-refractivity contribution is 5.99. The van der Waals surface area contributed by atoms with Crippen LogP contribution in [-0.2, 0) is 9.53 Å². The molecule has 2 rings (SSSR count). The summed E-state index contributed by atoms with van der Waals surface area (Å²) in [5.74, 6) is 0.0123. The van der Waals surface area contributed by atoms with Gasteiger partial charge >= 0.3 is 6.09 Å². The number of hydrogen-bond donors (Lipinski definition) is 1. The highest BCUT2D eigenvalue weighted by Crippen LogP contribution is 2.24. The van der Waals surface area contributed by atoms with Gasteiger partial charge in [0.25, 0.3) is 5.91 Å². The SMILES string of the molecule is COC(=O)N1CCN(C(=O)c2cc(NC(C)=O)ccc2OC)CC1. The molecule has 0 radical (unpaired) electrons. The zero-order valence-corrected chi connectivity index (χ0v) is 14.0. The fourth-order valence-electron chi connectivity index (χ4n) is 2.55. The molecular weight excluding hydrogens is 314 g/mol. The van der Waals surface area contributed by atoms with Crippen LogP contribution in [0, 0.1) is 0 Å². The van der Waals surface area contributed by atoms with Crippen LogP contribution in [0.2, 0.25) is 0 Å². The molecule has 1 saturated heterocycles. The van der Waals surface area contributed by atoms with Crippen LogP contribution in [-0.4, -0.2) is 68.1 Å². The van der Waals surface area contributed by atoms with Gasteiger partial charge in [-0.2, -0.15) is 0 Å². The number of carbonyl (C=O) groups is 3. The van der Waals surface area contributed by atoms with E-state index in [4.69, 9.17) is 4.74 Å². The average molecular weight is 335 g/mol. The quantitative estimate of drug-likeness (QED) is 0.896. The molecule has 0 aliphatic carbocycles. The number of anilines is 1. The van der Waals surface area contributed by atoms with E-state index in [1.54, 1.807) is 28.0 Å². The van der Waals surface area contributed by atoms with Gasteiger partial charge in [0.05, 0.1) is 19.8 Å². The summed E-state index contributed by atoms with van der Waals surface area (Å²) in [4.78, 5) is 38.7. The maximum Gasteiger partial charge on any atom is 0.409 e. The number of amides is 3. The Morgan fingerprint density at radius 3 is 2.21 bits per heavy atom. The summed E-state index contributed by atoms with van der Waals surface area (Å²) >= 11 is 0. The smallest absolute Gasteiger partial charge is 0.409 e. The predicted octanol–water partition coefficient (Wildman–Crippen LogP) is 1.18. The van der Waals surface area contributed by atoms with Crippen molar-refractivity contribution >= 4 is 23.6 Å². The summed E-state index contributed by atoms with van der Waals surface area (Å²) in [5, 5.41) is 2.65. The Balaban J connectivity index is 2.14. The van der Waals surface area contributed by atoms with E-state index in [9.17, 15) is 14.4 Å². The third-order valence-electron chi connectivity index (χ3n) is 3.75. The van der Waals surface area contributed by atoms with E-state index in [0.29, 0.717) is 43.2 Å². The topological polar surface area (TPSA) is 88.2 Å². The first-order valence-corrected chi connectivity index (χ1v) is 7.54. The zero-order chi connectivity index (χ0) is 17.7. The van der Waals surface area contributed by atoms with Crippen LogP contribution in [0.15, 0.2) is 18.2 Å². The van der Waals surface area contributed by atoms with Gasteiger partial charge in [-0.25, -0.2) is 4.79 Å². The number of piperazine rings is 1. The second kappa shape index (κ2) is 7.67. The average Bonchev–Trinajstić information content (AvgIpc) is 2.60. The fourth-order valence-corrected chi connectivity index (χ4v) is 2.55. The highest BCUT2D eigenvalue weighted by Gasteiger charge is 2.27. The summed E-state index contributed by atoms with van der Waals surface area (Å²) < 4.78 is 9.93. The van der Waals surface area contributed by atoms with Crippen molar-refractivity contribution in [1.82, 2.24) is 9.80 Å². The molecule has 1 aromatic carbocycles. The van der Waals surface area contributed by atoms with Crippen molar-refractivity contribution in [2.45, 2.75) is 6.92 Å². The second-order valence-electron chi connectivity index (χ2n) is 5.35. The van der Waals surface area contributed by atoms with Crippen molar-refractivity contribution < 1.29 is 23.9 Å². The normalized spacial score (nSPS) is 14.1. The van der Waals surface area contributed by atoms with Crippen molar-refractivity contribution in [2.75, 3.05) is 45.7 Å². The molecule has 0 saturated carbocycles. The number of rotatable bonds is 3. The molecule has 24 heavy (non-hydrogen) atoms. The summed E-state index contributed by atoms with van der Waals surface area (Å²) in [7, 11) is 2.82. The van der Waals surface area contributed by atoms with Gasteiger partial charge in [0, 0.05) is 38.8 Å². The monoisotopic (exact) mass is 335 g/mol. The van der Waals surface area contributed by atoms with Gasteiger partial charge in [-0.05, 0) is 18.2 Å². The van der Waals surface area contributed by atoms with Crippen LogP contribution in [0.3, 0.4) is 0 Å². The van der Waals surface area contributed by atoms with E-state index < -0.39 is 6.09 Å². The van der Waals surface area contributed by atoms with Crippen LogP contribution >= 0.6 is 0 Å². The summed E-state index contributed by atoms with van der Waals surface area (Å²) in [6.07, 6.45) is -0.396. The first-order chi connectivity index (χ1) is 11.5. The maximum atomic E-state index is 12.8. The first kappa shape index (κ1) is 17.6. The molecule has 0 atom stereocenters. The van der Waals surface area contributed by atoms with Gasteiger partial charge in [-0.1, -0.05) is 0 Å². The number of carbonyl (C=O) groups excluding carboxylic acids is 3. The predicted molar refractivity (Wildman–Crippen MR) is 87.2 cm³/mol. The van der Waals surface area contributed by atoms with Crippen molar-refractivity contribution in [3.63, 3.8) is 0 Å². The molecule has 3 amide bonds. The van der Waals surface area contributed by atoms with Gasteiger partial charge in [0.2, 0.25) is 5.91 Å². The molecule has 8 heteroatoms. The minimum absolute atomic E-state index is 0.205. The zero-order valence-electron chi connectivity index (χ0n) is 14.0. The largest absolute Gasteiger partial charge is 0.496 e. The minimum Gasteiger partial charge on any atom is -0.496 e. The first-order valence-electron chi connectivity index (χ1n) is 7.54. The Labute approximate surface area is 140 Å². The summed E-state index contributed by atoms with van der Waals surface area (Å²) in [6.45, 7) is 3.03. The van der Waals surface area contributed by atoms with Crippen molar-refractivity contribution in [1.29, 1.82) is 0 Å². The number of hydrogen-bond acceptors (Lipinski definition) is 5. The molecule has 130 valence electrons. The van der Waals surface area contributed by atoms with E-state index in [1.807, 2.05) is 0 Å². The summed E-state index contributed by atoms with van der Waals surface area (Å²) in [5.41, 5.74) is 0.898. The number of methoxy groups -OCH3 is 2. The standard InChI is InChI=1S/C16H21N3O5/c1-11(20)17-12-4-5-14(23-2)13(10-12)15(21)18-6-8-19(9-7-18)16(22)24-3/h4-5,10H,6-9H2,1-3H3,(H,17,20). The molecule has 1 fully saturated rings. The van der Waals surface area contributed by atoms with E-state index in [0.717, 1.165) is 0 Å². The van der Waals surface area contributed by atoms with Gasteiger partial charge in [-0.15, -0.1) is 0 Å². The fraction of sp³-hybridized carbons (Fsp3) is 0.438. The molecular formula is C16H21N3O5. The van der Waals surface area contributed by atoms with Crippen molar-refractivity contribution in [2.24, 2.45) is 0 Å². The van der Waals surface area contributed by atoms with Crippen LogP contribution in [0.1, 0.15) is 17.3 Å². The lowest BCUT2D eigenvalue weighted by atomic mass is 10.1. The third-order valence-corrected chi connectivity index (χ3v) is 3.75. The molecule has 0 unspecified atom stereocenters. The summed E-state index contributed by atoms with van der Waals surface area (Å²) in [6, 6.07) is 4.91. The lowest BCUT2D eigenvalue weighted by Crippen LogP contribution is -2.50. The molecule has 1 heterocycles. The van der Waals surface area contributed by atoms with E-state index in [2.05, 4.69) is 10.1 Å². The van der Waals surface area contributed by atoms with E-state index >= 15 is 0 Å². The molecule has 1 aliphatic heterocycles. The van der Waals surface area contributed by atoms with E-state index in [1.165, 1.54) is 21.1 Å². The van der Waals surface area contributed by atoms with Crippen molar-refractivity contribution in [3.05, 3.63) is 23.8 Å². The Morgan fingerprint density at radius 1 is 1.04 bits per heavy atom. The van der Waals surface area contributed by atoms with Gasteiger partial charge in [-0.3, -0.25) is 9.59 Å². The Hall–Kier alpha value is -2.77. The Morgan fingerprint density at radius 2 is 1.67 bits per heavy atom. The lowest BCUT2D eigenvalue weighted by Gasteiger charge is -2.34. The molecule has 1 aliphatic rings. The highest BCUT2D eigenvalue weighted by atomic mass is 16.5. The lowest BCUT2D eigenvalue weighted by molar-refractivity contribution is -0.114. The number of nitrogens with one attached hydrogen (secondary N) is 1. The van der Waals surface area contributed by atoms with Crippen molar-refractivity contribution in [3.8, 4) is 5.75 Å². The number of nitrogens with zero attached hydrogens (tertiary/aromatic N) is 2. The van der Waals surface area contributed by atoms with Crippen LogP contribution in [0.25, 0.3) is 0 Å². The molecule has 8 nitrogen and oxygen atoms in total. The van der Waals surface area contributed by atoms with Crippen LogP contribution in [0.4, 0.5) is 10.5 Å². The van der Waals surface area contributed by atoms with Gasteiger partial charge < -0.3 is 24.6 Å². The third kappa shape index (κ3) is 3.95. The Kier molecular flexibility index (Phi) is 5.62. The van der Waals surface area contributed by atoms with Crippen LogP contribution < -0.4 is 10.1 Å². The molecule has 0 aromatic heterocycles. The molecule has 1 aromatic rings. The number of ether oxygens (including phenoxy) is 2. The van der Waals surface area contributed by atoms with E-state index in [-0.39, 0.29) is 11.8 Å². The second-order valence-corrected chi connectivity index (χ2v) is 5.35.